The van der Waals surface area contributed by atoms with Crippen LogP contribution in [0.3, 0.4) is 0 Å². The van der Waals surface area contributed by atoms with Gasteiger partial charge in [-0.1, -0.05) is 98.8 Å². The van der Waals surface area contributed by atoms with E-state index in [1.165, 1.54) is 0 Å². The molecule has 232 valence electrons. The highest BCUT2D eigenvalue weighted by Gasteiger charge is 2.75. The molecular formula is C37H39N3O5. The molecule has 4 aliphatic rings. The van der Waals surface area contributed by atoms with Gasteiger partial charge in [0.25, 0.3) is 5.91 Å². The van der Waals surface area contributed by atoms with E-state index in [0.29, 0.717) is 25.9 Å². The first-order valence-corrected chi connectivity index (χ1v) is 16.0. The Bertz CT molecular complexity index is 1700. The number of aliphatic hydroxyl groups excluding tert-OH is 1. The smallest absolute Gasteiger partial charge is 0.253 e. The Morgan fingerprint density at radius 2 is 1.58 bits per heavy atom. The van der Waals surface area contributed by atoms with E-state index < -0.39 is 35.1 Å². The first kappa shape index (κ1) is 29.4. The molecule has 1 spiro atoms. The van der Waals surface area contributed by atoms with Crippen LogP contribution in [0.2, 0.25) is 0 Å². The van der Waals surface area contributed by atoms with Crippen molar-refractivity contribution in [1.29, 1.82) is 0 Å². The van der Waals surface area contributed by atoms with E-state index in [2.05, 4.69) is 0 Å². The highest BCUT2D eigenvalue weighted by molar-refractivity contribution is 6.07. The van der Waals surface area contributed by atoms with Crippen LogP contribution >= 0.6 is 0 Å². The first-order valence-electron chi connectivity index (χ1n) is 16.0. The van der Waals surface area contributed by atoms with Crippen molar-refractivity contribution in [3.05, 3.63) is 103 Å². The Morgan fingerprint density at radius 1 is 0.844 bits per heavy atom. The van der Waals surface area contributed by atoms with Crippen LogP contribution in [0.1, 0.15) is 32.3 Å². The number of carbonyl (C=O) groups is 3. The van der Waals surface area contributed by atoms with E-state index in [0.717, 1.165) is 22.0 Å². The predicted octanol–water partition coefficient (Wildman–Crippen LogP) is 4.47. The van der Waals surface area contributed by atoms with Gasteiger partial charge in [-0.15, -0.1) is 0 Å². The lowest BCUT2D eigenvalue weighted by molar-refractivity contribution is -0.153. The van der Waals surface area contributed by atoms with Crippen LogP contribution in [0, 0.1) is 11.8 Å². The fourth-order valence-electron chi connectivity index (χ4n) is 8.08. The number of fused-ring (bicyclic) bond motifs is 3. The second-order valence-electron chi connectivity index (χ2n) is 12.6. The summed E-state index contributed by atoms with van der Waals surface area (Å²) in [7, 11) is 0. The third-order valence-electron chi connectivity index (χ3n) is 10.3. The average molecular weight is 606 g/mol. The summed E-state index contributed by atoms with van der Waals surface area (Å²) in [6, 6.07) is 22.1. The van der Waals surface area contributed by atoms with Crippen LogP contribution in [0.15, 0.2) is 97.1 Å². The Hall–Kier alpha value is -4.27. The number of carbonyl (C=O) groups excluding carboxylic acids is 3. The van der Waals surface area contributed by atoms with Gasteiger partial charge < -0.3 is 24.5 Å². The molecular weight excluding hydrogens is 566 g/mol. The van der Waals surface area contributed by atoms with Gasteiger partial charge in [-0.25, -0.2) is 0 Å². The Labute approximate surface area is 263 Å². The van der Waals surface area contributed by atoms with Crippen molar-refractivity contribution >= 4 is 34.2 Å². The van der Waals surface area contributed by atoms with Gasteiger partial charge in [0.1, 0.15) is 11.6 Å². The SMILES string of the molecule is CC[C@@H](CO)N1C(=O)[C@@H]2[C@H]3C(=O)N(Cc4ccccc4)CC=C[C@@]3(CC)O[C@@]23C=CCN(c2ccc4ccccc4c2)C(=O)C13. The quantitative estimate of drug-likeness (QED) is 0.402. The normalized spacial score (nSPS) is 29.9. The number of hydrogen-bond donors (Lipinski definition) is 1. The molecule has 0 bridgehead atoms. The average Bonchev–Trinajstić information content (AvgIpc) is 3.36. The molecule has 3 aromatic rings. The molecule has 1 unspecified atom stereocenters. The van der Waals surface area contributed by atoms with Gasteiger partial charge in [-0.05, 0) is 41.3 Å². The molecule has 3 amide bonds. The van der Waals surface area contributed by atoms with Crippen LogP contribution in [-0.2, 0) is 25.7 Å². The summed E-state index contributed by atoms with van der Waals surface area (Å²) in [5.74, 6) is -2.50. The van der Waals surface area contributed by atoms with E-state index in [9.17, 15) is 19.5 Å². The Morgan fingerprint density at radius 3 is 2.31 bits per heavy atom. The van der Waals surface area contributed by atoms with Crippen LogP contribution in [0.4, 0.5) is 5.69 Å². The van der Waals surface area contributed by atoms with E-state index in [1.54, 1.807) is 14.7 Å². The van der Waals surface area contributed by atoms with Gasteiger partial charge in [-0.3, -0.25) is 14.4 Å². The van der Waals surface area contributed by atoms with E-state index in [4.69, 9.17) is 4.74 Å². The number of benzene rings is 3. The Balaban J connectivity index is 1.34. The number of hydrogen-bond acceptors (Lipinski definition) is 5. The minimum atomic E-state index is -1.38. The summed E-state index contributed by atoms with van der Waals surface area (Å²) in [5, 5.41) is 12.5. The molecule has 6 atom stereocenters. The fraction of sp³-hybridized carbons (Fsp3) is 0.378. The van der Waals surface area contributed by atoms with Crippen LogP contribution in [0.5, 0.6) is 0 Å². The highest BCUT2D eigenvalue weighted by Crippen LogP contribution is 2.59. The van der Waals surface area contributed by atoms with Crippen molar-refractivity contribution in [2.45, 2.75) is 56.5 Å². The van der Waals surface area contributed by atoms with Crippen molar-refractivity contribution in [2.75, 3.05) is 24.6 Å². The number of likely N-dealkylation sites (tertiary alicyclic amines) is 1. The molecule has 45 heavy (non-hydrogen) atoms. The zero-order valence-corrected chi connectivity index (χ0v) is 25.7. The Kier molecular flexibility index (Phi) is 7.37. The van der Waals surface area contributed by atoms with Gasteiger partial charge in [0.05, 0.1) is 30.1 Å². The van der Waals surface area contributed by atoms with Crippen LogP contribution in [0.25, 0.3) is 10.8 Å². The molecule has 3 aromatic carbocycles. The highest BCUT2D eigenvalue weighted by atomic mass is 16.5. The monoisotopic (exact) mass is 605 g/mol. The lowest BCUT2D eigenvalue weighted by atomic mass is 9.73. The predicted molar refractivity (Wildman–Crippen MR) is 172 cm³/mol. The summed E-state index contributed by atoms with van der Waals surface area (Å²) >= 11 is 0. The molecule has 0 aromatic heterocycles. The third kappa shape index (κ3) is 4.45. The zero-order chi connectivity index (χ0) is 31.3. The number of nitrogens with zero attached hydrogens (tertiary/aromatic N) is 3. The second-order valence-corrected chi connectivity index (χ2v) is 12.6. The maximum Gasteiger partial charge on any atom is 0.253 e. The number of ether oxygens (including phenoxy) is 1. The maximum absolute atomic E-state index is 14.9. The van der Waals surface area contributed by atoms with Gasteiger partial charge in [0, 0.05) is 25.3 Å². The van der Waals surface area contributed by atoms with E-state index in [1.807, 2.05) is 111 Å². The lowest BCUT2D eigenvalue weighted by Gasteiger charge is -2.40. The number of amides is 3. The van der Waals surface area contributed by atoms with Crippen molar-refractivity contribution < 1.29 is 24.2 Å². The lowest BCUT2D eigenvalue weighted by Crippen LogP contribution is -2.59. The molecule has 4 heterocycles. The number of rotatable bonds is 7. The fourth-order valence-corrected chi connectivity index (χ4v) is 8.08. The summed E-state index contributed by atoms with van der Waals surface area (Å²) in [4.78, 5) is 49.3. The van der Waals surface area contributed by atoms with Crippen molar-refractivity contribution in [3.63, 3.8) is 0 Å². The standard InChI is InChI=1S/C37H39N3O5/c1-3-28(24-41)40-32-35(44)39(29-17-16-26-14-8-9-15-27(26)22-29)21-11-19-37(32)31(34(40)43)30-33(42)38(23-25-12-6-5-7-13-25)20-10-18-36(30,4-2)45-37/h5-19,22,28,30-32,41H,3-4,20-21,23-24H2,1-2H3/t28-,30-,31-,32?,36+,37-/m0/s1. The number of anilines is 1. The molecule has 2 fully saturated rings. The molecule has 7 rings (SSSR count). The maximum atomic E-state index is 14.9. The molecule has 0 aliphatic carbocycles. The molecule has 4 aliphatic heterocycles. The molecule has 8 nitrogen and oxygen atoms in total. The van der Waals surface area contributed by atoms with Crippen molar-refractivity contribution in [2.24, 2.45) is 11.8 Å². The summed E-state index contributed by atoms with van der Waals surface area (Å²) in [5.41, 5.74) is -0.720. The topological polar surface area (TPSA) is 90.4 Å². The summed E-state index contributed by atoms with van der Waals surface area (Å²) in [6.45, 7) is 4.66. The molecule has 0 saturated carbocycles. The molecule has 8 heteroatoms. The summed E-state index contributed by atoms with van der Waals surface area (Å²) in [6.07, 6.45) is 8.61. The third-order valence-corrected chi connectivity index (χ3v) is 10.3. The largest absolute Gasteiger partial charge is 0.394 e. The van der Waals surface area contributed by atoms with Crippen LogP contribution < -0.4 is 4.90 Å². The summed E-state index contributed by atoms with van der Waals surface area (Å²) < 4.78 is 7.10. The molecule has 1 N–H and O–H groups in total. The van der Waals surface area contributed by atoms with E-state index >= 15 is 0 Å². The second kappa shape index (κ2) is 11.3. The number of aliphatic hydroxyl groups is 1. The van der Waals surface area contributed by atoms with Gasteiger partial charge in [0.2, 0.25) is 11.8 Å². The molecule has 2 saturated heterocycles. The van der Waals surface area contributed by atoms with Crippen molar-refractivity contribution in [3.8, 4) is 0 Å². The van der Waals surface area contributed by atoms with Gasteiger partial charge in [-0.2, -0.15) is 0 Å². The first-order chi connectivity index (χ1) is 21.9. The molecule has 0 radical (unpaired) electrons. The minimum absolute atomic E-state index is 0.157. The van der Waals surface area contributed by atoms with Gasteiger partial charge in [0.15, 0.2) is 0 Å². The van der Waals surface area contributed by atoms with E-state index in [-0.39, 0.29) is 30.9 Å². The zero-order valence-electron chi connectivity index (χ0n) is 25.7. The van der Waals surface area contributed by atoms with Crippen LogP contribution in [-0.4, -0.2) is 75.6 Å². The minimum Gasteiger partial charge on any atom is -0.394 e. The van der Waals surface area contributed by atoms with Crippen molar-refractivity contribution in [1.82, 2.24) is 9.80 Å². The van der Waals surface area contributed by atoms with Gasteiger partial charge >= 0.3 is 0 Å².